The number of methoxy groups -OCH3 is 1. The summed E-state index contributed by atoms with van der Waals surface area (Å²) < 4.78 is 18.1. The quantitative estimate of drug-likeness (QED) is 0.598. The second-order valence-corrected chi connectivity index (χ2v) is 8.10. The Kier molecular flexibility index (Phi) is 8.18. The minimum absolute atomic E-state index is 0.0178. The molecule has 1 fully saturated rings. The van der Waals surface area contributed by atoms with Crippen LogP contribution in [0.5, 0.6) is 0 Å². The molecule has 3 rings (SSSR count). The molecule has 2 aromatic rings. The lowest BCUT2D eigenvalue weighted by molar-refractivity contribution is 0.0599. The van der Waals surface area contributed by atoms with Gasteiger partial charge in [0.05, 0.1) is 12.7 Å². The molecule has 0 aromatic heterocycles. The smallest absolute Gasteiger partial charge is 0.337 e. The molecule has 1 saturated heterocycles. The zero-order valence-electron chi connectivity index (χ0n) is 18.4. The van der Waals surface area contributed by atoms with Crippen LogP contribution in [-0.2, 0) is 11.2 Å². The fraction of sp³-hybridized carbons (Fsp3) is 0.440. The summed E-state index contributed by atoms with van der Waals surface area (Å²) in [5.74, 6) is -0.201. The zero-order chi connectivity index (χ0) is 22.2. The molecule has 1 aliphatic heterocycles. The SMILES string of the molecule is CCN(C[C@@H]1CCCN(CCc2cccc(F)c2)C1)C(=O)c1ccc(C(=O)OC)cc1. The van der Waals surface area contributed by atoms with Gasteiger partial charge in [0, 0.05) is 31.7 Å². The van der Waals surface area contributed by atoms with Gasteiger partial charge in [-0.25, -0.2) is 9.18 Å². The molecule has 31 heavy (non-hydrogen) atoms. The van der Waals surface area contributed by atoms with Crippen LogP contribution in [0, 0.1) is 11.7 Å². The van der Waals surface area contributed by atoms with Gasteiger partial charge in [0.25, 0.3) is 5.91 Å². The minimum atomic E-state index is -0.410. The van der Waals surface area contributed by atoms with Gasteiger partial charge in [0.1, 0.15) is 5.82 Å². The largest absolute Gasteiger partial charge is 0.465 e. The van der Waals surface area contributed by atoms with Gasteiger partial charge < -0.3 is 14.5 Å². The summed E-state index contributed by atoms with van der Waals surface area (Å²) in [6.07, 6.45) is 3.03. The van der Waals surface area contributed by atoms with Gasteiger partial charge >= 0.3 is 5.97 Å². The first-order chi connectivity index (χ1) is 15.0. The average Bonchev–Trinajstić information content (AvgIpc) is 2.80. The van der Waals surface area contributed by atoms with Gasteiger partial charge in [-0.3, -0.25) is 4.79 Å². The van der Waals surface area contributed by atoms with E-state index in [4.69, 9.17) is 4.74 Å². The summed E-state index contributed by atoms with van der Waals surface area (Å²) in [7, 11) is 1.34. The predicted molar refractivity (Wildman–Crippen MR) is 119 cm³/mol. The molecular formula is C25H31FN2O3. The van der Waals surface area contributed by atoms with Crippen LogP contribution in [-0.4, -0.2) is 61.5 Å². The minimum Gasteiger partial charge on any atom is -0.465 e. The number of amides is 1. The van der Waals surface area contributed by atoms with Crippen LogP contribution in [0.3, 0.4) is 0 Å². The van der Waals surface area contributed by atoms with Crippen LogP contribution in [0.1, 0.15) is 46.0 Å². The summed E-state index contributed by atoms with van der Waals surface area (Å²) >= 11 is 0. The van der Waals surface area contributed by atoms with Gasteiger partial charge in [0.2, 0.25) is 0 Å². The number of esters is 1. The van der Waals surface area contributed by atoms with Gasteiger partial charge in [0.15, 0.2) is 0 Å². The lowest BCUT2D eigenvalue weighted by atomic mass is 9.96. The van der Waals surface area contributed by atoms with Crippen molar-refractivity contribution < 1.29 is 18.7 Å². The molecule has 1 aliphatic rings. The van der Waals surface area contributed by atoms with Gasteiger partial charge in [-0.1, -0.05) is 12.1 Å². The number of carbonyl (C=O) groups excluding carboxylic acids is 2. The third-order valence-corrected chi connectivity index (χ3v) is 5.91. The van der Waals surface area contributed by atoms with Crippen LogP contribution in [0.25, 0.3) is 0 Å². The first kappa shape index (κ1) is 22.9. The topological polar surface area (TPSA) is 49.9 Å². The molecule has 0 saturated carbocycles. The van der Waals surface area contributed by atoms with E-state index >= 15 is 0 Å². The Bertz CT molecular complexity index is 885. The van der Waals surface area contributed by atoms with E-state index in [1.54, 1.807) is 36.4 Å². The number of benzene rings is 2. The normalized spacial score (nSPS) is 16.7. The molecule has 1 amide bonds. The molecule has 5 nitrogen and oxygen atoms in total. The highest BCUT2D eigenvalue weighted by Gasteiger charge is 2.24. The van der Waals surface area contributed by atoms with Crippen molar-refractivity contribution in [3.05, 3.63) is 71.0 Å². The second kappa shape index (κ2) is 11.0. The van der Waals surface area contributed by atoms with Crippen LogP contribution < -0.4 is 0 Å². The maximum absolute atomic E-state index is 13.4. The summed E-state index contributed by atoms with van der Waals surface area (Å²) in [5, 5.41) is 0. The van der Waals surface area contributed by atoms with E-state index in [2.05, 4.69) is 4.90 Å². The Balaban J connectivity index is 1.55. The molecule has 0 N–H and O–H groups in total. The van der Waals surface area contributed by atoms with E-state index in [1.807, 2.05) is 17.9 Å². The van der Waals surface area contributed by atoms with Crippen molar-refractivity contribution in [2.75, 3.05) is 39.8 Å². The Morgan fingerprint density at radius 2 is 1.90 bits per heavy atom. The predicted octanol–water partition coefficient (Wildman–Crippen LogP) is 4.03. The fourth-order valence-corrected chi connectivity index (χ4v) is 4.20. The number of hydrogen-bond acceptors (Lipinski definition) is 4. The number of likely N-dealkylation sites (tertiary alicyclic amines) is 1. The van der Waals surface area contributed by atoms with Crippen molar-refractivity contribution in [1.82, 2.24) is 9.80 Å². The van der Waals surface area contributed by atoms with Crippen molar-refractivity contribution >= 4 is 11.9 Å². The van der Waals surface area contributed by atoms with Crippen molar-refractivity contribution in [3.8, 4) is 0 Å². The van der Waals surface area contributed by atoms with E-state index in [-0.39, 0.29) is 11.7 Å². The standard InChI is InChI=1S/C25H31FN2O3/c1-3-28(24(29)21-9-11-22(12-10-21)25(30)31-2)18-20-7-5-14-27(17-20)15-13-19-6-4-8-23(26)16-19/h4,6,8-12,16,20H,3,5,7,13-15,17-18H2,1-2H3/t20-/m1/s1. The van der Waals surface area contributed by atoms with Gasteiger partial charge in [-0.15, -0.1) is 0 Å². The molecule has 2 aromatic carbocycles. The van der Waals surface area contributed by atoms with Crippen LogP contribution in [0.15, 0.2) is 48.5 Å². The number of piperidine rings is 1. The highest BCUT2D eigenvalue weighted by Crippen LogP contribution is 2.20. The van der Waals surface area contributed by atoms with Crippen LogP contribution in [0.4, 0.5) is 4.39 Å². The van der Waals surface area contributed by atoms with Crippen molar-refractivity contribution in [2.45, 2.75) is 26.2 Å². The average molecular weight is 427 g/mol. The van der Waals surface area contributed by atoms with Crippen molar-refractivity contribution in [3.63, 3.8) is 0 Å². The van der Waals surface area contributed by atoms with Crippen LogP contribution >= 0.6 is 0 Å². The zero-order valence-corrected chi connectivity index (χ0v) is 18.4. The summed E-state index contributed by atoms with van der Waals surface area (Å²) in [5.41, 5.74) is 2.03. The number of carbonyl (C=O) groups is 2. The third-order valence-electron chi connectivity index (χ3n) is 5.91. The number of ether oxygens (including phenoxy) is 1. The number of nitrogens with zero attached hydrogens (tertiary/aromatic N) is 2. The Hall–Kier alpha value is -2.73. The lowest BCUT2D eigenvalue weighted by Gasteiger charge is -2.35. The van der Waals surface area contributed by atoms with E-state index in [0.717, 1.165) is 44.5 Å². The molecule has 0 aliphatic carbocycles. The summed E-state index contributed by atoms with van der Waals surface area (Å²) in [6.45, 7) is 6.23. The maximum atomic E-state index is 13.4. The van der Waals surface area contributed by atoms with E-state index in [1.165, 1.54) is 13.2 Å². The van der Waals surface area contributed by atoms with E-state index in [0.29, 0.717) is 30.1 Å². The van der Waals surface area contributed by atoms with E-state index in [9.17, 15) is 14.0 Å². The summed E-state index contributed by atoms with van der Waals surface area (Å²) in [6, 6.07) is 13.4. The molecule has 0 radical (unpaired) electrons. The van der Waals surface area contributed by atoms with Crippen LogP contribution in [0.2, 0.25) is 0 Å². The van der Waals surface area contributed by atoms with Gasteiger partial charge in [-0.2, -0.15) is 0 Å². The molecule has 6 heteroatoms. The number of hydrogen-bond donors (Lipinski definition) is 0. The molecule has 0 spiro atoms. The first-order valence-corrected chi connectivity index (χ1v) is 10.9. The first-order valence-electron chi connectivity index (χ1n) is 10.9. The number of halogens is 1. The molecule has 1 atom stereocenters. The molecule has 0 unspecified atom stereocenters. The fourth-order valence-electron chi connectivity index (χ4n) is 4.20. The Morgan fingerprint density at radius 3 is 2.58 bits per heavy atom. The van der Waals surface area contributed by atoms with Gasteiger partial charge in [-0.05, 0) is 80.6 Å². The van der Waals surface area contributed by atoms with Crippen molar-refractivity contribution in [2.24, 2.45) is 5.92 Å². The lowest BCUT2D eigenvalue weighted by Crippen LogP contribution is -2.43. The summed E-state index contributed by atoms with van der Waals surface area (Å²) in [4.78, 5) is 28.9. The molecule has 166 valence electrons. The molecule has 0 bridgehead atoms. The molecule has 1 heterocycles. The monoisotopic (exact) mass is 426 g/mol. The maximum Gasteiger partial charge on any atom is 0.337 e. The Labute approximate surface area is 183 Å². The van der Waals surface area contributed by atoms with E-state index < -0.39 is 5.97 Å². The highest BCUT2D eigenvalue weighted by atomic mass is 19.1. The highest BCUT2D eigenvalue weighted by molar-refractivity contribution is 5.96. The molecular weight excluding hydrogens is 395 g/mol. The Morgan fingerprint density at radius 1 is 1.16 bits per heavy atom. The number of rotatable bonds is 8. The third kappa shape index (κ3) is 6.37. The second-order valence-electron chi connectivity index (χ2n) is 8.10. The van der Waals surface area contributed by atoms with Crippen molar-refractivity contribution in [1.29, 1.82) is 0 Å².